The molecule has 0 saturated carbocycles. The normalized spacial score (nSPS) is 12.0. The Morgan fingerprint density at radius 2 is 1.58 bits per heavy atom. The Hall–Kier alpha value is -2.13. The Kier molecular flexibility index (Phi) is 5.92. The monoisotopic (exact) mass is 401 g/mol. The first-order valence-corrected chi connectivity index (χ1v) is 11.4. The quantitative estimate of drug-likeness (QED) is 0.707. The van der Waals surface area contributed by atoms with E-state index in [-0.39, 0.29) is 22.2 Å². The minimum Gasteiger partial charge on any atom is -0.492 e. The number of ether oxygens (including phenoxy) is 1. The van der Waals surface area contributed by atoms with Crippen molar-refractivity contribution < 1.29 is 26.0 Å². The minimum absolute atomic E-state index is 0.0577. The molecule has 2 aromatic rings. The zero-order valence-electron chi connectivity index (χ0n) is 14.6. The molecule has 0 aliphatic rings. The molecule has 0 N–H and O–H groups in total. The van der Waals surface area contributed by atoms with Crippen molar-refractivity contribution in [2.75, 3.05) is 37.6 Å². The van der Waals surface area contributed by atoms with E-state index in [1.807, 2.05) is 0 Å². The van der Waals surface area contributed by atoms with Crippen molar-refractivity contribution in [1.82, 2.24) is 0 Å². The van der Waals surface area contributed by atoms with Gasteiger partial charge in [-0.2, -0.15) is 0 Å². The molecule has 0 fully saturated rings. The summed E-state index contributed by atoms with van der Waals surface area (Å²) in [5, 5.41) is 0. The fourth-order valence-electron chi connectivity index (χ4n) is 2.29. The first-order valence-electron chi connectivity index (χ1n) is 7.62. The number of rotatable bonds is 7. The summed E-state index contributed by atoms with van der Waals surface area (Å²) >= 11 is 0. The summed E-state index contributed by atoms with van der Waals surface area (Å²) in [7, 11) is -5.48. The highest BCUT2D eigenvalue weighted by atomic mass is 32.2. The zero-order valence-corrected chi connectivity index (χ0v) is 16.3. The van der Waals surface area contributed by atoms with E-state index in [1.165, 1.54) is 36.4 Å². The van der Waals surface area contributed by atoms with Crippen molar-refractivity contribution in [3.8, 4) is 5.75 Å². The van der Waals surface area contributed by atoms with Gasteiger partial charge < -0.3 is 9.64 Å². The van der Waals surface area contributed by atoms with Crippen LogP contribution in [0.3, 0.4) is 0 Å². The van der Waals surface area contributed by atoms with Crippen LogP contribution >= 0.6 is 0 Å². The van der Waals surface area contributed by atoms with Crippen LogP contribution in [-0.2, 0) is 19.7 Å². The van der Waals surface area contributed by atoms with Crippen molar-refractivity contribution in [1.29, 1.82) is 0 Å². The first-order chi connectivity index (χ1) is 12.0. The number of likely N-dealkylation sites (N-methyl/N-ethyl adjacent to an activating group) is 1. The van der Waals surface area contributed by atoms with Gasteiger partial charge >= 0.3 is 0 Å². The van der Waals surface area contributed by atoms with E-state index in [0.29, 0.717) is 18.0 Å². The highest BCUT2D eigenvalue weighted by Crippen LogP contribution is 2.27. The third-order valence-electron chi connectivity index (χ3n) is 3.68. The Bertz CT molecular complexity index is 986. The predicted octanol–water partition coefficient (Wildman–Crippen LogP) is 2.15. The van der Waals surface area contributed by atoms with Gasteiger partial charge in [0, 0.05) is 19.6 Å². The second-order valence-electron chi connectivity index (χ2n) is 5.90. The summed E-state index contributed by atoms with van der Waals surface area (Å²) in [5.74, 6) is 0.133. The van der Waals surface area contributed by atoms with E-state index >= 15 is 0 Å². The third-order valence-corrected chi connectivity index (χ3v) is 5.92. The van der Waals surface area contributed by atoms with Gasteiger partial charge in [0.25, 0.3) is 0 Å². The second-order valence-corrected chi connectivity index (χ2v) is 9.90. The van der Waals surface area contributed by atoms with E-state index in [4.69, 9.17) is 4.74 Å². The summed E-state index contributed by atoms with van der Waals surface area (Å²) in [6.07, 6.45) is 2.05. The summed E-state index contributed by atoms with van der Waals surface area (Å²) in [4.78, 5) is 1.54. The van der Waals surface area contributed by atoms with E-state index in [0.717, 1.165) is 18.6 Å². The topological polar surface area (TPSA) is 80.8 Å². The summed E-state index contributed by atoms with van der Waals surface area (Å²) in [6, 6.07) is 9.56. The fraction of sp³-hybridized carbons (Fsp3) is 0.294. The molecule has 0 heterocycles. The van der Waals surface area contributed by atoms with Crippen molar-refractivity contribution in [2.45, 2.75) is 9.79 Å². The lowest BCUT2D eigenvalue weighted by atomic mass is 10.3. The molecule has 0 atom stereocenters. The SMILES string of the molecule is CN(CCOc1ccc(F)cc1)c1ccc(S(C)(=O)=O)cc1S(C)(=O)=O. The van der Waals surface area contributed by atoms with Gasteiger partial charge in [-0.25, -0.2) is 21.2 Å². The van der Waals surface area contributed by atoms with Gasteiger partial charge in [-0.3, -0.25) is 0 Å². The van der Waals surface area contributed by atoms with E-state index in [2.05, 4.69) is 0 Å². The minimum atomic E-state index is -3.63. The lowest BCUT2D eigenvalue weighted by Gasteiger charge is -2.22. The van der Waals surface area contributed by atoms with E-state index in [1.54, 1.807) is 11.9 Å². The van der Waals surface area contributed by atoms with Crippen molar-refractivity contribution in [2.24, 2.45) is 0 Å². The third kappa shape index (κ3) is 5.18. The van der Waals surface area contributed by atoms with Crippen molar-refractivity contribution in [3.63, 3.8) is 0 Å². The lowest BCUT2D eigenvalue weighted by Crippen LogP contribution is -2.25. The number of hydrogen-bond acceptors (Lipinski definition) is 6. The van der Waals surface area contributed by atoms with Crippen LogP contribution in [0.4, 0.5) is 10.1 Å². The van der Waals surface area contributed by atoms with Crippen LogP contribution in [0.15, 0.2) is 52.3 Å². The summed E-state index contributed by atoms with van der Waals surface area (Å²) < 4.78 is 65.9. The predicted molar refractivity (Wildman–Crippen MR) is 97.8 cm³/mol. The molecule has 2 rings (SSSR count). The average molecular weight is 401 g/mol. The highest BCUT2D eigenvalue weighted by Gasteiger charge is 2.20. The number of benzene rings is 2. The molecule has 0 bridgehead atoms. The molecule has 0 saturated heterocycles. The summed E-state index contributed by atoms with van der Waals surface area (Å²) in [6.45, 7) is 0.581. The number of halogens is 1. The summed E-state index contributed by atoms with van der Waals surface area (Å²) in [5.41, 5.74) is 0.377. The maximum absolute atomic E-state index is 12.9. The molecule has 0 amide bonds. The van der Waals surface area contributed by atoms with Crippen LogP contribution in [-0.4, -0.2) is 49.5 Å². The molecule has 142 valence electrons. The standard InChI is InChI=1S/C17H20FNO5S2/c1-19(10-11-24-14-6-4-13(18)5-7-14)16-9-8-15(25(2,20)21)12-17(16)26(3,22)23/h4-9,12H,10-11H2,1-3H3. The molecular weight excluding hydrogens is 381 g/mol. The van der Waals surface area contributed by atoms with Crippen LogP contribution in [0.25, 0.3) is 0 Å². The van der Waals surface area contributed by atoms with Gasteiger partial charge in [0.1, 0.15) is 18.2 Å². The molecule has 9 heteroatoms. The Labute approximate surface area is 153 Å². The zero-order chi connectivity index (χ0) is 19.5. The average Bonchev–Trinajstić information content (AvgIpc) is 2.54. The van der Waals surface area contributed by atoms with E-state index < -0.39 is 19.7 Å². The van der Waals surface area contributed by atoms with Gasteiger partial charge in [-0.15, -0.1) is 0 Å². The molecule has 0 unspecified atom stereocenters. The number of nitrogens with zero attached hydrogens (tertiary/aromatic N) is 1. The van der Waals surface area contributed by atoms with Crippen LogP contribution in [0.5, 0.6) is 5.75 Å². The van der Waals surface area contributed by atoms with Crippen LogP contribution in [0.2, 0.25) is 0 Å². The molecule has 0 aliphatic heterocycles. The Morgan fingerprint density at radius 3 is 2.12 bits per heavy atom. The number of anilines is 1. The number of sulfone groups is 2. The van der Waals surface area contributed by atoms with Gasteiger partial charge in [0.05, 0.1) is 22.0 Å². The smallest absolute Gasteiger partial charge is 0.177 e. The molecule has 0 radical (unpaired) electrons. The molecule has 6 nitrogen and oxygen atoms in total. The first kappa shape index (κ1) is 20.2. The molecule has 0 aliphatic carbocycles. The Morgan fingerprint density at radius 1 is 0.962 bits per heavy atom. The molecule has 2 aromatic carbocycles. The fourth-order valence-corrected chi connectivity index (χ4v) is 3.96. The van der Waals surface area contributed by atoms with Crippen LogP contribution in [0.1, 0.15) is 0 Å². The molecular formula is C17H20FNO5S2. The van der Waals surface area contributed by atoms with Gasteiger partial charge in [0.15, 0.2) is 19.7 Å². The van der Waals surface area contributed by atoms with Gasteiger partial charge in [-0.1, -0.05) is 0 Å². The van der Waals surface area contributed by atoms with Crippen molar-refractivity contribution in [3.05, 3.63) is 48.3 Å². The lowest BCUT2D eigenvalue weighted by molar-refractivity contribution is 0.325. The highest BCUT2D eigenvalue weighted by molar-refractivity contribution is 7.91. The van der Waals surface area contributed by atoms with Gasteiger partial charge in [0.2, 0.25) is 0 Å². The molecule has 0 spiro atoms. The maximum atomic E-state index is 12.9. The second kappa shape index (κ2) is 7.63. The largest absolute Gasteiger partial charge is 0.492 e. The number of hydrogen-bond donors (Lipinski definition) is 0. The van der Waals surface area contributed by atoms with Gasteiger partial charge in [-0.05, 0) is 42.5 Å². The maximum Gasteiger partial charge on any atom is 0.177 e. The van der Waals surface area contributed by atoms with E-state index in [9.17, 15) is 21.2 Å². The Balaban J connectivity index is 2.19. The van der Waals surface area contributed by atoms with Crippen molar-refractivity contribution >= 4 is 25.4 Å². The molecule has 0 aromatic heterocycles. The molecule has 26 heavy (non-hydrogen) atoms. The van der Waals surface area contributed by atoms with Crippen LogP contribution in [0, 0.1) is 5.82 Å². The van der Waals surface area contributed by atoms with Crippen LogP contribution < -0.4 is 9.64 Å².